The Labute approximate surface area is 295 Å². The van der Waals surface area contributed by atoms with Crippen LogP contribution < -0.4 is 5.32 Å². The molecule has 48 heavy (non-hydrogen) atoms. The van der Waals surface area contributed by atoms with Gasteiger partial charge in [0.15, 0.2) is 0 Å². The van der Waals surface area contributed by atoms with Crippen LogP contribution in [0.5, 0.6) is 0 Å². The zero-order valence-electron chi connectivity index (χ0n) is 31.5. The number of hydrogen-bond acceptors (Lipinski definition) is 5. The summed E-state index contributed by atoms with van der Waals surface area (Å²) >= 11 is 0. The second-order valence-electron chi connectivity index (χ2n) is 13.9. The van der Waals surface area contributed by atoms with E-state index < -0.39 is 20.0 Å². The maximum atomic E-state index is 12.8. The Balaban J connectivity index is 4.57. The number of allylic oxidation sites excluding steroid dienone is 7. The number of aliphatic hydroxyl groups is 1. The molecule has 0 aromatic carbocycles. The van der Waals surface area contributed by atoms with E-state index in [4.69, 9.17) is 9.05 Å². The smallest absolute Gasteiger partial charge is 0.387 e. The maximum Gasteiger partial charge on any atom is 0.472 e. The monoisotopic (exact) mass is 698 g/mol. The van der Waals surface area contributed by atoms with Gasteiger partial charge >= 0.3 is 7.82 Å². The molecule has 0 saturated carbocycles. The van der Waals surface area contributed by atoms with Crippen molar-refractivity contribution in [1.29, 1.82) is 0 Å². The van der Waals surface area contributed by atoms with E-state index in [0.29, 0.717) is 17.4 Å². The molecule has 0 bridgehead atoms. The molecule has 0 radical (unpaired) electrons. The van der Waals surface area contributed by atoms with Crippen molar-refractivity contribution in [3.63, 3.8) is 0 Å². The first-order chi connectivity index (χ1) is 23.0. The molecule has 0 rings (SSSR count). The van der Waals surface area contributed by atoms with Crippen LogP contribution in [0.1, 0.15) is 142 Å². The molecule has 3 N–H and O–H groups in total. The summed E-state index contributed by atoms with van der Waals surface area (Å²) in [5.74, 6) is -0.199. The number of quaternary nitrogens is 1. The highest BCUT2D eigenvalue weighted by Crippen LogP contribution is 2.43. The van der Waals surface area contributed by atoms with Crippen molar-refractivity contribution in [2.45, 2.75) is 154 Å². The van der Waals surface area contributed by atoms with Crippen molar-refractivity contribution in [1.82, 2.24) is 5.32 Å². The van der Waals surface area contributed by atoms with E-state index in [0.717, 1.165) is 77.0 Å². The second kappa shape index (κ2) is 31.4. The van der Waals surface area contributed by atoms with Crippen LogP contribution in [0.3, 0.4) is 0 Å². The van der Waals surface area contributed by atoms with Crippen LogP contribution in [-0.2, 0) is 18.4 Å². The third-order valence-electron chi connectivity index (χ3n) is 8.05. The lowest BCUT2D eigenvalue weighted by atomic mass is 10.1. The van der Waals surface area contributed by atoms with Crippen molar-refractivity contribution >= 4 is 13.7 Å². The van der Waals surface area contributed by atoms with E-state index >= 15 is 0 Å². The highest BCUT2D eigenvalue weighted by Gasteiger charge is 2.27. The van der Waals surface area contributed by atoms with E-state index in [2.05, 4.69) is 55.6 Å². The molecule has 280 valence electrons. The van der Waals surface area contributed by atoms with Gasteiger partial charge in [-0.3, -0.25) is 13.8 Å². The number of amides is 1. The minimum absolute atomic E-state index is 0.0559. The number of hydrogen-bond donors (Lipinski definition) is 3. The summed E-state index contributed by atoms with van der Waals surface area (Å²) in [7, 11) is 1.55. The summed E-state index contributed by atoms with van der Waals surface area (Å²) in [6.45, 7) is 4.64. The van der Waals surface area contributed by atoms with Gasteiger partial charge < -0.3 is 19.8 Å². The number of rotatable bonds is 33. The summed E-state index contributed by atoms with van der Waals surface area (Å²) in [6, 6.07) is -0.853. The number of phosphoric acid groups is 1. The quantitative estimate of drug-likeness (QED) is 0.0273. The molecule has 0 aromatic rings. The van der Waals surface area contributed by atoms with Crippen LogP contribution in [0.15, 0.2) is 48.6 Å². The van der Waals surface area contributed by atoms with Crippen molar-refractivity contribution in [3.8, 4) is 0 Å². The Morgan fingerprint density at radius 2 is 1.25 bits per heavy atom. The van der Waals surface area contributed by atoms with Gasteiger partial charge in [0.1, 0.15) is 13.2 Å². The number of carbonyl (C=O) groups excluding carboxylic acids is 1. The van der Waals surface area contributed by atoms with Gasteiger partial charge in [0, 0.05) is 6.42 Å². The van der Waals surface area contributed by atoms with Gasteiger partial charge in [0.05, 0.1) is 39.9 Å². The average molecular weight is 698 g/mol. The lowest BCUT2D eigenvalue weighted by Gasteiger charge is -2.25. The number of carbonyl (C=O) groups is 1. The minimum atomic E-state index is -4.33. The Morgan fingerprint density at radius 1 is 0.729 bits per heavy atom. The van der Waals surface area contributed by atoms with E-state index in [1.807, 2.05) is 27.2 Å². The molecule has 0 saturated heterocycles. The minimum Gasteiger partial charge on any atom is -0.387 e. The van der Waals surface area contributed by atoms with Gasteiger partial charge in [-0.15, -0.1) is 0 Å². The summed E-state index contributed by atoms with van der Waals surface area (Å²) in [5.41, 5.74) is 0. The molecular formula is C39H74N2O6P+. The number of likely N-dealkylation sites (N-methyl/N-ethyl adjacent to an activating group) is 1. The second-order valence-corrected chi connectivity index (χ2v) is 15.4. The van der Waals surface area contributed by atoms with Crippen LogP contribution >= 0.6 is 7.82 Å². The molecule has 0 aliphatic carbocycles. The number of phosphoric ester groups is 1. The third-order valence-corrected chi connectivity index (χ3v) is 9.04. The molecule has 3 atom stereocenters. The van der Waals surface area contributed by atoms with E-state index in [9.17, 15) is 19.4 Å². The molecule has 9 heteroatoms. The lowest BCUT2D eigenvalue weighted by Crippen LogP contribution is -2.45. The number of unbranched alkanes of at least 4 members (excludes halogenated alkanes) is 14. The summed E-state index contributed by atoms with van der Waals surface area (Å²) < 4.78 is 23.4. The summed E-state index contributed by atoms with van der Waals surface area (Å²) in [6.07, 6.45) is 37.4. The van der Waals surface area contributed by atoms with Crippen LogP contribution in [0.2, 0.25) is 0 Å². The Kier molecular flexibility index (Phi) is 30.4. The fourth-order valence-corrected chi connectivity index (χ4v) is 5.73. The average Bonchev–Trinajstić information content (AvgIpc) is 3.02. The molecule has 8 nitrogen and oxygen atoms in total. The molecule has 0 aromatic heterocycles. The van der Waals surface area contributed by atoms with E-state index in [-0.39, 0.29) is 19.1 Å². The van der Waals surface area contributed by atoms with Crippen molar-refractivity contribution in [3.05, 3.63) is 48.6 Å². The number of aliphatic hydroxyl groups excluding tert-OH is 1. The molecule has 0 heterocycles. The van der Waals surface area contributed by atoms with Gasteiger partial charge in [-0.25, -0.2) is 4.57 Å². The van der Waals surface area contributed by atoms with Gasteiger partial charge in [0.25, 0.3) is 0 Å². The highest BCUT2D eigenvalue weighted by atomic mass is 31.2. The molecule has 0 aliphatic heterocycles. The van der Waals surface area contributed by atoms with Crippen molar-refractivity contribution in [2.24, 2.45) is 0 Å². The fourth-order valence-electron chi connectivity index (χ4n) is 4.99. The SMILES string of the molecule is CC/C=C\C/C=C\C/C=C\CCCCCCCC(=O)N[C@@H](COP(=O)(O)OCC[N+](C)(C)C)[C@H](O)/C=C/CCCCCCCCCCC. The molecule has 0 aliphatic rings. The van der Waals surface area contributed by atoms with Crippen LogP contribution in [0.4, 0.5) is 0 Å². The molecule has 0 fully saturated rings. The standard InChI is InChI=1S/C39H73N2O6P/c1-6-8-10-12-14-16-18-19-20-21-23-25-27-29-31-33-39(43)40-37(36-47-48(44,45)46-35-34-41(3,4)5)38(42)32-30-28-26-24-22-17-15-13-11-9-7-2/h8,10,14,16,19-20,30,32,37-38,42H,6-7,9,11-13,15,17-18,21-29,31,33-36H2,1-5H3,(H-,40,43,44,45)/p+1/b10-8-,16-14-,20-19-,32-30+/t37-,38+/m0/s1. The summed E-state index contributed by atoms with van der Waals surface area (Å²) in [5, 5.41) is 13.7. The van der Waals surface area contributed by atoms with Gasteiger partial charge in [-0.1, -0.05) is 133 Å². The molecular weight excluding hydrogens is 623 g/mol. The van der Waals surface area contributed by atoms with E-state index in [1.54, 1.807) is 6.08 Å². The Hall–Kier alpha value is -1.54. The Morgan fingerprint density at radius 3 is 1.83 bits per heavy atom. The molecule has 1 amide bonds. The molecule has 1 unspecified atom stereocenters. The number of nitrogens with zero attached hydrogens (tertiary/aromatic N) is 1. The van der Waals surface area contributed by atoms with Crippen LogP contribution in [0, 0.1) is 0 Å². The molecule has 0 spiro atoms. The van der Waals surface area contributed by atoms with Gasteiger partial charge in [-0.2, -0.15) is 0 Å². The first-order valence-electron chi connectivity index (χ1n) is 19.0. The van der Waals surface area contributed by atoms with Crippen LogP contribution in [-0.4, -0.2) is 73.4 Å². The largest absolute Gasteiger partial charge is 0.472 e. The van der Waals surface area contributed by atoms with Crippen molar-refractivity contribution in [2.75, 3.05) is 40.9 Å². The van der Waals surface area contributed by atoms with Crippen molar-refractivity contribution < 1.29 is 32.9 Å². The summed E-state index contributed by atoms with van der Waals surface area (Å²) in [4.78, 5) is 23.0. The van der Waals surface area contributed by atoms with E-state index in [1.165, 1.54) is 44.9 Å². The van der Waals surface area contributed by atoms with Gasteiger partial charge in [-0.05, 0) is 51.4 Å². The Bertz CT molecular complexity index is 928. The third kappa shape index (κ3) is 33.0. The van der Waals surface area contributed by atoms with Gasteiger partial charge in [0.2, 0.25) is 5.91 Å². The maximum absolute atomic E-state index is 12.8. The predicted molar refractivity (Wildman–Crippen MR) is 203 cm³/mol. The predicted octanol–water partition coefficient (Wildman–Crippen LogP) is 9.74. The zero-order chi connectivity index (χ0) is 35.8. The fraction of sp³-hybridized carbons (Fsp3) is 0.769. The first-order valence-corrected chi connectivity index (χ1v) is 20.5. The normalized spacial score (nSPS) is 15.2. The number of nitrogens with one attached hydrogen (secondary N) is 1. The first kappa shape index (κ1) is 46.5. The van der Waals surface area contributed by atoms with Crippen LogP contribution in [0.25, 0.3) is 0 Å². The topological polar surface area (TPSA) is 105 Å². The zero-order valence-corrected chi connectivity index (χ0v) is 32.4. The lowest BCUT2D eigenvalue weighted by molar-refractivity contribution is -0.870. The highest BCUT2D eigenvalue weighted by molar-refractivity contribution is 7.47.